The van der Waals surface area contributed by atoms with Crippen LogP contribution in [-0.4, -0.2) is 20.9 Å². The lowest BCUT2D eigenvalue weighted by Gasteiger charge is -2.12. The van der Waals surface area contributed by atoms with E-state index < -0.39 is 10.0 Å². The van der Waals surface area contributed by atoms with Crippen molar-refractivity contribution in [1.29, 1.82) is 0 Å². The van der Waals surface area contributed by atoms with Crippen LogP contribution < -0.4 is 14.8 Å². The van der Waals surface area contributed by atoms with E-state index in [4.69, 9.17) is 4.74 Å². The van der Waals surface area contributed by atoms with Gasteiger partial charge in [0, 0.05) is 11.3 Å². The Morgan fingerprint density at radius 3 is 2.37 bits per heavy atom. The van der Waals surface area contributed by atoms with Crippen molar-refractivity contribution < 1.29 is 17.9 Å². The van der Waals surface area contributed by atoms with Gasteiger partial charge in [0.05, 0.1) is 10.6 Å². The van der Waals surface area contributed by atoms with Gasteiger partial charge in [-0.2, -0.15) is 0 Å². The minimum Gasteiger partial charge on any atom is -0.490 e. The Labute approximate surface area is 176 Å². The molecule has 1 amide bonds. The van der Waals surface area contributed by atoms with E-state index >= 15 is 0 Å². The molecule has 3 rings (SSSR count). The minimum absolute atomic E-state index is 0.173. The molecule has 0 unspecified atom stereocenters. The van der Waals surface area contributed by atoms with Crippen LogP contribution in [0.2, 0.25) is 0 Å². The van der Waals surface area contributed by atoms with Crippen molar-refractivity contribution in [2.24, 2.45) is 0 Å². The highest BCUT2D eigenvalue weighted by molar-refractivity contribution is 7.92. The Morgan fingerprint density at radius 2 is 1.73 bits per heavy atom. The van der Waals surface area contributed by atoms with Gasteiger partial charge in [-0.1, -0.05) is 30.9 Å². The maximum absolute atomic E-state index is 12.5. The van der Waals surface area contributed by atoms with E-state index in [-0.39, 0.29) is 10.8 Å². The maximum Gasteiger partial charge on any atom is 0.261 e. The molecule has 0 heterocycles. The first kappa shape index (κ1) is 21.1. The molecule has 0 aliphatic heterocycles. The summed E-state index contributed by atoms with van der Waals surface area (Å²) in [5, 5.41) is 2.81. The highest BCUT2D eigenvalue weighted by Gasteiger charge is 2.16. The summed E-state index contributed by atoms with van der Waals surface area (Å²) < 4.78 is 33.0. The average molecular weight is 423 g/mol. The van der Waals surface area contributed by atoms with E-state index in [1.165, 1.54) is 12.1 Å². The minimum atomic E-state index is -3.70. The van der Waals surface area contributed by atoms with Gasteiger partial charge in [-0.05, 0) is 67.1 Å². The van der Waals surface area contributed by atoms with E-state index in [0.717, 1.165) is 0 Å². The Morgan fingerprint density at radius 1 is 1.03 bits per heavy atom. The molecule has 154 valence electrons. The second-order valence-electron chi connectivity index (χ2n) is 6.53. The fourth-order valence-electron chi connectivity index (χ4n) is 2.72. The summed E-state index contributed by atoms with van der Waals surface area (Å²) in [6, 6.07) is 19.9. The highest BCUT2D eigenvalue weighted by atomic mass is 32.2. The SMILES string of the molecule is C=CCOc1ccc(NC(=O)c2ccc(NS(=O)(=O)c3ccccc3)c(C)c2)cc1. The number of sulfonamides is 1. The van der Waals surface area contributed by atoms with Crippen molar-refractivity contribution >= 4 is 27.3 Å². The molecule has 2 N–H and O–H groups in total. The number of carbonyl (C=O) groups excluding carboxylic acids is 1. The Hall–Kier alpha value is -3.58. The van der Waals surface area contributed by atoms with Gasteiger partial charge in [0.2, 0.25) is 0 Å². The largest absolute Gasteiger partial charge is 0.490 e. The standard InChI is InChI=1S/C23H22N2O4S/c1-3-15-29-20-12-10-19(11-13-20)24-23(26)18-9-14-22(17(2)16-18)25-30(27,28)21-7-5-4-6-8-21/h3-14,16,25H,1,15H2,2H3,(H,24,26). The average Bonchev–Trinajstić information content (AvgIpc) is 2.75. The molecule has 0 spiro atoms. The van der Waals surface area contributed by atoms with E-state index in [1.807, 2.05) is 0 Å². The summed E-state index contributed by atoms with van der Waals surface area (Å²) in [4.78, 5) is 12.7. The number of nitrogens with one attached hydrogen (secondary N) is 2. The summed E-state index contributed by atoms with van der Waals surface area (Å²) in [6.07, 6.45) is 1.65. The molecule has 3 aromatic carbocycles. The number of amides is 1. The fraction of sp³-hybridized carbons (Fsp3) is 0.0870. The van der Waals surface area contributed by atoms with E-state index in [1.54, 1.807) is 73.7 Å². The van der Waals surface area contributed by atoms with Crippen molar-refractivity contribution in [3.8, 4) is 5.75 Å². The lowest BCUT2D eigenvalue weighted by molar-refractivity contribution is 0.102. The van der Waals surface area contributed by atoms with Crippen LogP contribution in [0.4, 0.5) is 11.4 Å². The number of aryl methyl sites for hydroxylation is 1. The summed E-state index contributed by atoms with van der Waals surface area (Å²) in [5.41, 5.74) is 2.09. The van der Waals surface area contributed by atoms with Crippen molar-refractivity contribution in [3.05, 3.63) is 96.6 Å². The van der Waals surface area contributed by atoms with Crippen LogP contribution in [0.25, 0.3) is 0 Å². The lowest BCUT2D eigenvalue weighted by Crippen LogP contribution is -2.15. The smallest absolute Gasteiger partial charge is 0.261 e. The first-order chi connectivity index (χ1) is 14.4. The summed E-state index contributed by atoms with van der Waals surface area (Å²) >= 11 is 0. The summed E-state index contributed by atoms with van der Waals surface area (Å²) in [7, 11) is -3.70. The van der Waals surface area contributed by atoms with Crippen LogP contribution in [0.1, 0.15) is 15.9 Å². The van der Waals surface area contributed by atoms with Crippen LogP contribution in [0.5, 0.6) is 5.75 Å². The van der Waals surface area contributed by atoms with Gasteiger partial charge < -0.3 is 10.1 Å². The predicted molar refractivity (Wildman–Crippen MR) is 119 cm³/mol. The first-order valence-corrected chi connectivity index (χ1v) is 10.7. The Kier molecular flexibility index (Phi) is 6.54. The third kappa shape index (κ3) is 5.27. The van der Waals surface area contributed by atoms with Gasteiger partial charge in [0.1, 0.15) is 12.4 Å². The van der Waals surface area contributed by atoms with Gasteiger partial charge in [-0.3, -0.25) is 9.52 Å². The van der Waals surface area contributed by atoms with E-state index in [2.05, 4.69) is 16.6 Å². The number of hydrogen-bond donors (Lipinski definition) is 2. The van der Waals surface area contributed by atoms with Crippen LogP contribution in [0.15, 0.2) is 90.3 Å². The molecule has 3 aromatic rings. The maximum atomic E-state index is 12.5. The molecule has 7 heteroatoms. The third-order valence-corrected chi connectivity index (χ3v) is 5.65. The fourth-order valence-corrected chi connectivity index (χ4v) is 3.87. The zero-order valence-electron chi connectivity index (χ0n) is 16.5. The third-order valence-electron chi connectivity index (χ3n) is 4.27. The number of rotatable bonds is 8. The second kappa shape index (κ2) is 9.28. The van der Waals surface area contributed by atoms with E-state index in [0.29, 0.717) is 34.9 Å². The molecule has 0 aliphatic carbocycles. The van der Waals surface area contributed by atoms with Crippen molar-refractivity contribution in [2.45, 2.75) is 11.8 Å². The summed E-state index contributed by atoms with van der Waals surface area (Å²) in [6.45, 7) is 5.74. The van der Waals surface area contributed by atoms with Crippen LogP contribution >= 0.6 is 0 Å². The monoisotopic (exact) mass is 422 g/mol. The molecule has 0 aromatic heterocycles. The molecule has 0 saturated carbocycles. The zero-order valence-corrected chi connectivity index (χ0v) is 17.3. The van der Waals surface area contributed by atoms with Gasteiger partial charge in [0.25, 0.3) is 15.9 Å². The van der Waals surface area contributed by atoms with Gasteiger partial charge in [-0.15, -0.1) is 0 Å². The van der Waals surface area contributed by atoms with Gasteiger partial charge >= 0.3 is 0 Å². The number of carbonyl (C=O) groups is 1. The van der Waals surface area contributed by atoms with Crippen LogP contribution in [0.3, 0.4) is 0 Å². The molecular formula is C23H22N2O4S. The van der Waals surface area contributed by atoms with Gasteiger partial charge in [0.15, 0.2) is 0 Å². The molecule has 0 fully saturated rings. The number of anilines is 2. The number of benzene rings is 3. The molecule has 0 aliphatic rings. The molecule has 0 saturated heterocycles. The normalized spacial score (nSPS) is 10.8. The molecule has 0 bridgehead atoms. The van der Waals surface area contributed by atoms with Gasteiger partial charge in [-0.25, -0.2) is 8.42 Å². The Balaban J connectivity index is 1.70. The molecule has 6 nitrogen and oxygen atoms in total. The first-order valence-electron chi connectivity index (χ1n) is 9.23. The Bertz CT molecular complexity index is 1140. The quantitative estimate of drug-likeness (QED) is 0.519. The van der Waals surface area contributed by atoms with Crippen molar-refractivity contribution in [1.82, 2.24) is 0 Å². The van der Waals surface area contributed by atoms with E-state index in [9.17, 15) is 13.2 Å². The topological polar surface area (TPSA) is 84.5 Å². The lowest BCUT2D eigenvalue weighted by atomic mass is 10.1. The van der Waals surface area contributed by atoms with Crippen LogP contribution in [-0.2, 0) is 10.0 Å². The molecule has 0 radical (unpaired) electrons. The molecular weight excluding hydrogens is 400 g/mol. The number of ether oxygens (including phenoxy) is 1. The van der Waals surface area contributed by atoms with Crippen LogP contribution in [0, 0.1) is 6.92 Å². The molecule has 0 atom stereocenters. The zero-order chi connectivity index (χ0) is 21.6. The van der Waals surface area contributed by atoms with Crippen molar-refractivity contribution in [3.63, 3.8) is 0 Å². The predicted octanol–water partition coefficient (Wildman–Crippen LogP) is 4.61. The van der Waals surface area contributed by atoms with Crippen molar-refractivity contribution in [2.75, 3.05) is 16.6 Å². The summed E-state index contributed by atoms with van der Waals surface area (Å²) in [5.74, 6) is 0.383. The highest BCUT2D eigenvalue weighted by Crippen LogP contribution is 2.22. The second-order valence-corrected chi connectivity index (χ2v) is 8.21. The molecule has 30 heavy (non-hydrogen) atoms. The number of hydrogen-bond acceptors (Lipinski definition) is 4.